The fraction of sp³-hybridized carbons (Fsp3) is 0.273. The number of carbonyl (C=O) groups is 2. The molecule has 7 heteroatoms. The molecule has 1 aliphatic rings. The molecule has 0 aliphatic carbocycles. The third kappa shape index (κ3) is 3.52. The highest BCUT2D eigenvalue weighted by Crippen LogP contribution is 2.35. The van der Waals surface area contributed by atoms with Crippen LogP contribution in [0.1, 0.15) is 27.7 Å². The number of para-hydroxylation sites is 1. The summed E-state index contributed by atoms with van der Waals surface area (Å²) in [6, 6.07) is 12.4. The van der Waals surface area contributed by atoms with E-state index in [2.05, 4.69) is 0 Å². The monoisotopic (exact) mass is 413 g/mol. The van der Waals surface area contributed by atoms with E-state index in [9.17, 15) is 14.0 Å². The number of esters is 1. The van der Waals surface area contributed by atoms with Gasteiger partial charge in [0.1, 0.15) is 10.7 Å². The Morgan fingerprint density at radius 2 is 2.00 bits per heavy atom. The van der Waals surface area contributed by atoms with E-state index in [0.29, 0.717) is 15.6 Å². The topological polar surface area (TPSA) is 55.8 Å². The molecule has 0 radical (unpaired) electrons. The van der Waals surface area contributed by atoms with Crippen molar-refractivity contribution in [2.24, 2.45) is 0 Å². The number of benzene rings is 2. The molecule has 1 aromatic heterocycles. The maximum atomic E-state index is 14.3. The zero-order chi connectivity index (χ0) is 20.5. The van der Waals surface area contributed by atoms with Crippen LogP contribution in [0.4, 0.5) is 10.1 Å². The Bertz CT molecular complexity index is 1090. The average molecular weight is 413 g/mol. The normalized spacial score (nSPS) is 15.6. The van der Waals surface area contributed by atoms with Crippen LogP contribution in [-0.4, -0.2) is 31.6 Å². The van der Waals surface area contributed by atoms with E-state index in [-0.39, 0.29) is 30.0 Å². The van der Waals surface area contributed by atoms with Crippen LogP contribution in [0.3, 0.4) is 0 Å². The van der Waals surface area contributed by atoms with Gasteiger partial charge in [-0.15, -0.1) is 11.3 Å². The molecule has 29 heavy (non-hydrogen) atoms. The number of rotatable bonds is 5. The number of fused-ring (bicyclic) bond motifs is 2. The first kappa shape index (κ1) is 19.5. The Morgan fingerprint density at radius 3 is 2.79 bits per heavy atom. The first-order chi connectivity index (χ1) is 14.0. The maximum absolute atomic E-state index is 14.3. The van der Waals surface area contributed by atoms with Gasteiger partial charge >= 0.3 is 5.97 Å². The van der Waals surface area contributed by atoms with Gasteiger partial charge in [-0.2, -0.15) is 0 Å². The van der Waals surface area contributed by atoms with Crippen LogP contribution in [-0.2, 0) is 27.3 Å². The number of hydrogen-bond acceptors (Lipinski definition) is 5. The van der Waals surface area contributed by atoms with Crippen LogP contribution < -0.4 is 4.90 Å². The van der Waals surface area contributed by atoms with Crippen LogP contribution in [0.2, 0.25) is 0 Å². The first-order valence-electron chi connectivity index (χ1n) is 9.27. The van der Waals surface area contributed by atoms with Crippen molar-refractivity contribution < 1.29 is 23.5 Å². The van der Waals surface area contributed by atoms with Gasteiger partial charge < -0.3 is 14.4 Å². The number of amides is 1. The number of carbonyl (C=O) groups excluding carboxylic acids is 2. The molecule has 2 heterocycles. The molecule has 150 valence electrons. The number of thiophene rings is 1. The summed E-state index contributed by atoms with van der Waals surface area (Å²) in [5.41, 5.74) is 2.40. The Hall–Kier alpha value is -2.77. The lowest BCUT2D eigenvalue weighted by molar-refractivity contribution is -0.122. The summed E-state index contributed by atoms with van der Waals surface area (Å²) in [5, 5.41) is 0.361. The molecule has 0 fully saturated rings. The largest absolute Gasteiger partial charge is 0.451 e. The molecule has 0 spiro atoms. The fourth-order valence-electron chi connectivity index (χ4n) is 3.82. The molecule has 2 aromatic carbocycles. The van der Waals surface area contributed by atoms with Crippen LogP contribution >= 0.6 is 11.3 Å². The summed E-state index contributed by atoms with van der Waals surface area (Å²) < 4.78 is 25.4. The highest BCUT2D eigenvalue weighted by Gasteiger charge is 2.31. The second-order valence-corrected chi connectivity index (χ2v) is 8.03. The van der Waals surface area contributed by atoms with Gasteiger partial charge in [-0.25, -0.2) is 9.18 Å². The van der Waals surface area contributed by atoms with Crippen molar-refractivity contribution in [1.82, 2.24) is 0 Å². The molecule has 0 saturated heterocycles. The molecule has 1 amide bonds. The minimum atomic E-state index is -0.647. The van der Waals surface area contributed by atoms with E-state index in [1.54, 1.807) is 17.0 Å². The first-order valence-corrected chi connectivity index (χ1v) is 10.1. The van der Waals surface area contributed by atoms with Crippen molar-refractivity contribution >= 4 is 39.0 Å². The number of hydrogen-bond donors (Lipinski definition) is 0. The van der Waals surface area contributed by atoms with E-state index < -0.39 is 11.8 Å². The summed E-state index contributed by atoms with van der Waals surface area (Å²) in [7, 11) is 1.48. The molecule has 1 aliphatic heterocycles. The SMILES string of the molecule is COCc1c(C(=O)OCC(=O)N2c3ccccc3CC2C)sc2cccc(F)c12. The number of halogens is 1. The summed E-state index contributed by atoms with van der Waals surface area (Å²) >= 11 is 1.14. The lowest BCUT2D eigenvalue weighted by Gasteiger charge is -2.22. The maximum Gasteiger partial charge on any atom is 0.349 e. The molecular weight excluding hydrogens is 393 g/mol. The molecule has 0 saturated carbocycles. The third-order valence-corrected chi connectivity index (χ3v) is 6.22. The third-order valence-electron chi connectivity index (χ3n) is 5.04. The van der Waals surface area contributed by atoms with Gasteiger partial charge in [0, 0.05) is 34.5 Å². The average Bonchev–Trinajstić information content (AvgIpc) is 3.24. The number of nitrogens with zero attached hydrogens (tertiary/aromatic N) is 1. The molecule has 5 nitrogen and oxygen atoms in total. The molecule has 3 aromatic rings. The van der Waals surface area contributed by atoms with Crippen LogP contribution in [0.5, 0.6) is 0 Å². The standard InChI is InChI=1S/C22H20FNO4S/c1-13-10-14-6-3-4-8-17(14)24(13)19(25)12-28-22(26)21-15(11-27-2)20-16(23)7-5-9-18(20)29-21/h3-9,13H,10-12H2,1-2H3. The van der Waals surface area contributed by atoms with Crippen molar-refractivity contribution in [3.05, 3.63) is 64.3 Å². The van der Waals surface area contributed by atoms with E-state index in [4.69, 9.17) is 9.47 Å². The molecule has 1 unspecified atom stereocenters. The lowest BCUT2D eigenvalue weighted by Crippen LogP contribution is -2.38. The van der Waals surface area contributed by atoms with Gasteiger partial charge in [0.2, 0.25) is 0 Å². The van der Waals surface area contributed by atoms with Gasteiger partial charge in [0.25, 0.3) is 5.91 Å². The molecule has 0 N–H and O–H groups in total. The number of ether oxygens (including phenoxy) is 2. The van der Waals surface area contributed by atoms with E-state index >= 15 is 0 Å². The summed E-state index contributed by atoms with van der Waals surface area (Å²) in [4.78, 5) is 27.4. The predicted octanol–water partition coefficient (Wildman–Crippen LogP) is 4.32. The summed E-state index contributed by atoms with van der Waals surface area (Å²) in [6.07, 6.45) is 0.767. The smallest absolute Gasteiger partial charge is 0.349 e. The van der Waals surface area contributed by atoms with E-state index in [1.165, 1.54) is 13.2 Å². The van der Waals surface area contributed by atoms with E-state index in [1.807, 2.05) is 31.2 Å². The minimum absolute atomic E-state index is 0.000996. The number of anilines is 1. The van der Waals surface area contributed by atoms with Crippen molar-refractivity contribution in [1.29, 1.82) is 0 Å². The summed E-state index contributed by atoms with van der Waals surface area (Å²) in [6.45, 7) is 1.67. The van der Waals surface area contributed by atoms with Gasteiger partial charge in [-0.3, -0.25) is 4.79 Å². The van der Waals surface area contributed by atoms with Gasteiger partial charge in [0.05, 0.1) is 6.61 Å². The molecule has 0 bridgehead atoms. The molecular formula is C22H20FNO4S. The van der Waals surface area contributed by atoms with E-state index in [0.717, 1.165) is 29.0 Å². The Balaban J connectivity index is 1.54. The second kappa shape index (κ2) is 7.93. The second-order valence-electron chi connectivity index (χ2n) is 6.98. The molecule has 1 atom stereocenters. The molecule has 4 rings (SSSR count). The van der Waals surface area contributed by atoms with Crippen LogP contribution in [0, 0.1) is 5.82 Å². The summed E-state index contributed by atoms with van der Waals surface area (Å²) in [5.74, 6) is -1.34. The minimum Gasteiger partial charge on any atom is -0.451 e. The zero-order valence-electron chi connectivity index (χ0n) is 16.1. The quantitative estimate of drug-likeness (QED) is 0.585. The van der Waals surface area contributed by atoms with Gasteiger partial charge in [-0.05, 0) is 37.1 Å². The highest BCUT2D eigenvalue weighted by atomic mass is 32.1. The van der Waals surface area contributed by atoms with Gasteiger partial charge in [-0.1, -0.05) is 24.3 Å². The predicted molar refractivity (Wildman–Crippen MR) is 110 cm³/mol. The Labute approximate surface area is 171 Å². The Morgan fingerprint density at radius 1 is 1.21 bits per heavy atom. The number of methoxy groups -OCH3 is 1. The zero-order valence-corrected chi connectivity index (χ0v) is 16.9. The Kier molecular flexibility index (Phi) is 5.34. The van der Waals surface area contributed by atoms with Gasteiger partial charge in [0.15, 0.2) is 6.61 Å². The fourth-order valence-corrected chi connectivity index (χ4v) is 4.94. The van der Waals surface area contributed by atoms with Crippen LogP contribution in [0.25, 0.3) is 10.1 Å². The van der Waals surface area contributed by atoms with Crippen molar-refractivity contribution in [3.63, 3.8) is 0 Å². The van der Waals surface area contributed by atoms with Crippen LogP contribution in [0.15, 0.2) is 42.5 Å². The lowest BCUT2D eigenvalue weighted by atomic mass is 10.1. The highest BCUT2D eigenvalue weighted by molar-refractivity contribution is 7.21. The van der Waals surface area contributed by atoms with Crippen molar-refractivity contribution in [2.45, 2.75) is 26.0 Å². The van der Waals surface area contributed by atoms with Crippen molar-refractivity contribution in [3.8, 4) is 0 Å². The van der Waals surface area contributed by atoms with Crippen molar-refractivity contribution in [2.75, 3.05) is 18.6 Å².